The van der Waals surface area contributed by atoms with Gasteiger partial charge in [0.1, 0.15) is 17.6 Å². The maximum absolute atomic E-state index is 13.7. The highest BCUT2D eigenvalue weighted by Gasteiger charge is 2.27. The highest BCUT2D eigenvalue weighted by molar-refractivity contribution is 5.99. The predicted molar refractivity (Wildman–Crippen MR) is 158 cm³/mol. The number of benzene rings is 3. The molecule has 0 saturated carbocycles. The summed E-state index contributed by atoms with van der Waals surface area (Å²) < 4.78 is 30.0. The summed E-state index contributed by atoms with van der Waals surface area (Å²) in [6.07, 6.45) is -0.0830. The van der Waals surface area contributed by atoms with Gasteiger partial charge in [-0.15, -0.1) is 0 Å². The average molecular weight is 609 g/mol. The first-order valence-electron chi connectivity index (χ1n) is 13.8. The lowest BCUT2D eigenvalue weighted by Crippen LogP contribution is -2.49. The second kappa shape index (κ2) is 14.7. The van der Waals surface area contributed by atoms with Gasteiger partial charge in [0, 0.05) is 5.69 Å². The summed E-state index contributed by atoms with van der Waals surface area (Å²) in [5.41, 5.74) is 0.957. The summed E-state index contributed by atoms with van der Waals surface area (Å²) in [4.78, 5) is 49.8. The fraction of sp³-hybridized carbons (Fsp3) is 0.290. The number of urea groups is 1. The number of carboxylic acids is 1. The number of amides is 4. The second-order valence-electron chi connectivity index (χ2n) is 10.4. The molecule has 1 heterocycles. The molecule has 0 radical (unpaired) electrons. The van der Waals surface area contributed by atoms with Crippen molar-refractivity contribution < 1.29 is 42.9 Å². The molecule has 0 bridgehead atoms. The molecule has 3 aromatic rings. The van der Waals surface area contributed by atoms with Gasteiger partial charge >= 0.3 is 12.0 Å². The van der Waals surface area contributed by atoms with Gasteiger partial charge < -0.3 is 40.6 Å². The lowest BCUT2D eigenvalue weighted by atomic mass is 10.00. The Morgan fingerprint density at radius 3 is 2.36 bits per heavy atom. The normalized spacial score (nSPS) is 13.0. The van der Waals surface area contributed by atoms with Crippen molar-refractivity contribution in [1.29, 1.82) is 0 Å². The lowest BCUT2D eigenvalue weighted by Gasteiger charge is -2.24. The molecule has 4 rings (SSSR count). The molecule has 5 N–H and O–H groups in total. The van der Waals surface area contributed by atoms with E-state index in [1.807, 2.05) is 13.8 Å². The number of carboxylic acid groups (broad SMARTS) is 1. The van der Waals surface area contributed by atoms with Crippen LogP contribution in [-0.2, 0) is 14.4 Å². The minimum absolute atomic E-state index is 0.0331. The standard InChI is InChI=1S/C31H33FN4O8/c1-18(2)13-25(30(40)35-24(15-29(38)39)19-7-12-26-27(14-19)44-17-43-26)34-28(37)16-42-21-10-8-20(9-11-21)33-31(41)36-23-6-4-3-5-22(23)32/h3-12,14,18,24-25H,13,15-17H2,1-2H3,(H,34,37)(H,35,40)(H,38,39)(H2,33,36,41). The Morgan fingerprint density at radius 2 is 1.66 bits per heavy atom. The quantitative estimate of drug-likeness (QED) is 0.190. The van der Waals surface area contributed by atoms with E-state index < -0.39 is 48.3 Å². The summed E-state index contributed by atoms with van der Waals surface area (Å²) in [5.74, 6) is -1.45. The van der Waals surface area contributed by atoms with Gasteiger partial charge in [0.25, 0.3) is 5.91 Å². The maximum atomic E-state index is 13.7. The molecule has 0 aromatic heterocycles. The molecular formula is C31H33FN4O8. The van der Waals surface area contributed by atoms with Gasteiger partial charge in [0.2, 0.25) is 12.7 Å². The van der Waals surface area contributed by atoms with Crippen molar-refractivity contribution in [1.82, 2.24) is 10.6 Å². The van der Waals surface area contributed by atoms with E-state index in [-0.39, 0.29) is 24.8 Å². The third kappa shape index (κ3) is 9.08. The Labute approximate surface area is 252 Å². The Hall–Kier alpha value is -5.33. The number of hydrogen-bond donors (Lipinski definition) is 5. The van der Waals surface area contributed by atoms with Crippen molar-refractivity contribution in [3.05, 3.63) is 78.1 Å². The van der Waals surface area contributed by atoms with Crippen LogP contribution >= 0.6 is 0 Å². The monoisotopic (exact) mass is 608 g/mol. The molecule has 44 heavy (non-hydrogen) atoms. The third-order valence-electron chi connectivity index (χ3n) is 6.46. The van der Waals surface area contributed by atoms with Crippen molar-refractivity contribution in [3.63, 3.8) is 0 Å². The first-order valence-corrected chi connectivity index (χ1v) is 13.8. The Balaban J connectivity index is 1.31. The zero-order valence-corrected chi connectivity index (χ0v) is 24.1. The summed E-state index contributed by atoms with van der Waals surface area (Å²) in [7, 11) is 0. The summed E-state index contributed by atoms with van der Waals surface area (Å²) in [6, 6.07) is 14.4. The molecule has 1 aliphatic rings. The van der Waals surface area contributed by atoms with Crippen molar-refractivity contribution in [2.45, 2.75) is 38.8 Å². The van der Waals surface area contributed by atoms with Gasteiger partial charge in [-0.05, 0) is 66.4 Å². The number of carbonyl (C=O) groups excluding carboxylic acids is 3. The summed E-state index contributed by atoms with van der Waals surface area (Å²) in [6.45, 7) is 3.43. The highest BCUT2D eigenvalue weighted by Crippen LogP contribution is 2.35. The van der Waals surface area contributed by atoms with Gasteiger partial charge in [0.15, 0.2) is 18.1 Å². The fourth-order valence-electron chi connectivity index (χ4n) is 4.40. The van der Waals surface area contributed by atoms with E-state index >= 15 is 0 Å². The van der Waals surface area contributed by atoms with E-state index in [0.29, 0.717) is 34.9 Å². The number of nitrogens with one attached hydrogen (secondary N) is 4. The SMILES string of the molecule is CC(C)CC(NC(=O)COc1ccc(NC(=O)Nc2ccccc2F)cc1)C(=O)NC(CC(=O)O)c1ccc2c(c1)OCO2. The van der Waals surface area contributed by atoms with E-state index in [4.69, 9.17) is 14.2 Å². The summed E-state index contributed by atoms with van der Waals surface area (Å²) >= 11 is 0. The highest BCUT2D eigenvalue weighted by atomic mass is 19.1. The number of halogens is 1. The molecule has 2 unspecified atom stereocenters. The average Bonchev–Trinajstić information content (AvgIpc) is 3.45. The second-order valence-corrected chi connectivity index (χ2v) is 10.4. The smallest absolute Gasteiger partial charge is 0.323 e. The minimum atomic E-state index is -1.11. The first kappa shape index (κ1) is 31.6. The van der Waals surface area contributed by atoms with Crippen LogP contribution < -0.4 is 35.5 Å². The Kier molecular flexibility index (Phi) is 10.6. The number of hydrogen-bond acceptors (Lipinski definition) is 7. The summed E-state index contributed by atoms with van der Waals surface area (Å²) in [5, 5.41) is 19.9. The number of rotatable bonds is 13. The molecule has 0 saturated heterocycles. The van der Waals surface area contributed by atoms with Crippen LogP contribution in [0.4, 0.5) is 20.6 Å². The van der Waals surface area contributed by atoms with Gasteiger partial charge in [0.05, 0.1) is 18.2 Å². The topological polar surface area (TPSA) is 164 Å². The van der Waals surface area contributed by atoms with Crippen molar-refractivity contribution in [3.8, 4) is 17.2 Å². The largest absolute Gasteiger partial charge is 0.484 e. The van der Waals surface area contributed by atoms with Crippen LogP contribution in [0.25, 0.3) is 0 Å². The van der Waals surface area contributed by atoms with Gasteiger partial charge in [-0.2, -0.15) is 0 Å². The van der Waals surface area contributed by atoms with Crippen LogP contribution in [0.3, 0.4) is 0 Å². The zero-order chi connectivity index (χ0) is 31.6. The predicted octanol–water partition coefficient (Wildman–Crippen LogP) is 4.44. The van der Waals surface area contributed by atoms with Crippen LogP contribution in [0.1, 0.15) is 38.3 Å². The molecular weight excluding hydrogens is 575 g/mol. The van der Waals surface area contributed by atoms with Crippen molar-refractivity contribution in [2.24, 2.45) is 5.92 Å². The van der Waals surface area contributed by atoms with Gasteiger partial charge in [-0.25, -0.2) is 9.18 Å². The molecule has 0 aliphatic carbocycles. The molecule has 3 aromatic carbocycles. The fourth-order valence-corrected chi connectivity index (χ4v) is 4.40. The van der Waals surface area contributed by atoms with E-state index in [0.717, 1.165) is 0 Å². The lowest BCUT2D eigenvalue weighted by molar-refractivity contribution is -0.138. The minimum Gasteiger partial charge on any atom is -0.484 e. The van der Waals surface area contributed by atoms with Crippen LogP contribution in [0.15, 0.2) is 66.7 Å². The van der Waals surface area contributed by atoms with E-state index in [1.54, 1.807) is 36.4 Å². The van der Waals surface area contributed by atoms with Crippen molar-refractivity contribution >= 4 is 35.2 Å². The molecule has 0 fully saturated rings. The Bertz CT molecular complexity index is 1500. The van der Waals surface area contributed by atoms with Gasteiger partial charge in [-0.3, -0.25) is 14.4 Å². The van der Waals surface area contributed by atoms with E-state index in [1.165, 1.54) is 30.3 Å². The molecule has 2 atom stereocenters. The molecule has 232 valence electrons. The number of fused-ring (bicyclic) bond motifs is 1. The number of ether oxygens (including phenoxy) is 3. The molecule has 12 nitrogen and oxygen atoms in total. The molecule has 0 spiro atoms. The number of aliphatic carboxylic acids is 1. The zero-order valence-electron chi connectivity index (χ0n) is 24.1. The molecule has 4 amide bonds. The van der Waals surface area contributed by atoms with Crippen LogP contribution in [-0.4, -0.2) is 48.4 Å². The number of anilines is 2. The van der Waals surface area contributed by atoms with Crippen LogP contribution in [0, 0.1) is 11.7 Å². The first-order chi connectivity index (χ1) is 21.1. The number of carbonyl (C=O) groups is 4. The van der Waals surface area contributed by atoms with Crippen LogP contribution in [0.5, 0.6) is 17.2 Å². The van der Waals surface area contributed by atoms with Crippen molar-refractivity contribution in [2.75, 3.05) is 24.0 Å². The van der Waals surface area contributed by atoms with Gasteiger partial charge in [-0.1, -0.05) is 32.0 Å². The number of para-hydroxylation sites is 1. The van der Waals surface area contributed by atoms with E-state index in [9.17, 15) is 28.7 Å². The molecule has 13 heteroatoms. The third-order valence-corrected chi connectivity index (χ3v) is 6.46. The molecule has 1 aliphatic heterocycles. The Morgan fingerprint density at radius 1 is 0.932 bits per heavy atom. The van der Waals surface area contributed by atoms with E-state index in [2.05, 4.69) is 21.3 Å². The maximum Gasteiger partial charge on any atom is 0.323 e. The van der Waals surface area contributed by atoms with Crippen LogP contribution in [0.2, 0.25) is 0 Å².